The Morgan fingerprint density at radius 3 is 2.36 bits per heavy atom. The van der Waals surface area contributed by atoms with Crippen molar-refractivity contribution >= 4 is 5.78 Å². The number of benzene rings is 2. The van der Waals surface area contributed by atoms with Crippen molar-refractivity contribution in [2.45, 2.75) is 13.8 Å². The van der Waals surface area contributed by atoms with E-state index in [9.17, 15) is 4.79 Å². The van der Waals surface area contributed by atoms with E-state index in [0.717, 1.165) is 28.1 Å². The first-order valence-corrected chi connectivity index (χ1v) is 7.87. The van der Waals surface area contributed by atoms with E-state index in [1.807, 2.05) is 56.3 Å². The van der Waals surface area contributed by atoms with Crippen LogP contribution in [0.4, 0.5) is 0 Å². The second-order valence-electron chi connectivity index (χ2n) is 5.88. The molecular weight excluding hydrogens is 318 g/mol. The van der Waals surface area contributed by atoms with Crippen molar-refractivity contribution in [3.63, 3.8) is 0 Å². The largest absolute Gasteiger partial charge is 0.497 e. The minimum absolute atomic E-state index is 0.291. The Bertz CT molecular complexity index is 1100. The summed E-state index contributed by atoms with van der Waals surface area (Å²) >= 11 is 0. The van der Waals surface area contributed by atoms with Gasteiger partial charge in [-0.1, -0.05) is 30.3 Å². The molecular formula is C18H17N5O2. The highest BCUT2D eigenvalue weighted by atomic mass is 16.5. The van der Waals surface area contributed by atoms with Gasteiger partial charge in [-0.25, -0.2) is 4.79 Å². The van der Waals surface area contributed by atoms with E-state index in [0.29, 0.717) is 11.6 Å². The van der Waals surface area contributed by atoms with Crippen molar-refractivity contribution in [1.29, 1.82) is 0 Å². The molecule has 2 heterocycles. The molecule has 4 rings (SSSR count). The molecule has 2 aromatic carbocycles. The van der Waals surface area contributed by atoms with E-state index >= 15 is 0 Å². The Labute approximate surface area is 143 Å². The van der Waals surface area contributed by atoms with Crippen LogP contribution in [0.5, 0.6) is 5.75 Å². The van der Waals surface area contributed by atoms with Gasteiger partial charge in [0.05, 0.1) is 12.8 Å². The number of hydrogen-bond acceptors (Lipinski definition) is 4. The van der Waals surface area contributed by atoms with Crippen LogP contribution in [0.15, 0.2) is 47.3 Å². The zero-order chi connectivity index (χ0) is 17.6. The van der Waals surface area contributed by atoms with Crippen LogP contribution in [0.3, 0.4) is 0 Å². The molecule has 25 heavy (non-hydrogen) atoms. The topological polar surface area (TPSA) is 77.2 Å². The number of aromatic nitrogens is 5. The lowest BCUT2D eigenvalue weighted by atomic mass is 10.1. The molecule has 0 atom stereocenters. The minimum Gasteiger partial charge on any atom is -0.497 e. The Morgan fingerprint density at radius 2 is 1.76 bits per heavy atom. The third kappa shape index (κ3) is 2.40. The Hall–Kier alpha value is -3.35. The van der Waals surface area contributed by atoms with Gasteiger partial charge >= 0.3 is 5.69 Å². The predicted molar refractivity (Wildman–Crippen MR) is 94.4 cm³/mol. The summed E-state index contributed by atoms with van der Waals surface area (Å²) in [5.41, 5.74) is 3.16. The molecule has 0 saturated carbocycles. The number of methoxy groups -OCH3 is 1. The first-order valence-electron chi connectivity index (χ1n) is 7.87. The first kappa shape index (κ1) is 15.2. The third-order valence-corrected chi connectivity index (χ3v) is 4.15. The van der Waals surface area contributed by atoms with E-state index in [1.54, 1.807) is 7.11 Å². The van der Waals surface area contributed by atoms with Crippen LogP contribution in [0.25, 0.3) is 22.9 Å². The van der Waals surface area contributed by atoms with Gasteiger partial charge in [0.1, 0.15) is 5.75 Å². The van der Waals surface area contributed by atoms with Gasteiger partial charge in [0.15, 0.2) is 5.82 Å². The lowest BCUT2D eigenvalue weighted by molar-refractivity contribution is 0.414. The number of nitrogens with one attached hydrogen (secondary N) is 1. The fourth-order valence-electron chi connectivity index (χ4n) is 3.00. The molecule has 0 unspecified atom stereocenters. The maximum Gasteiger partial charge on any atom is 0.371 e. The van der Waals surface area contributed by atoms with Crippen molar-refractivity contribution in [2.75, 3.05) is 7.11 Å². The highest BCUT2D eigenvalue weighted by molar-refractivity contribution is 5.57. The van der Waals surface area contributed by atoms with Crippen molar-refractivity contribution in [3.8, 4) is 22.8 Å². The number of aromatic amines is 1. The second-order valence-corrected chi connectivity index (χ2v) is 5.88. The number of nitrogens with zero attached hydrogens (tertiary/aromatic N) is 4. The van der Waals surface area contributed by atoms with Crippen molar-refractivity contribution in [1.82, 2.24) is 24.4 Å². The normalized spacial score (nSPS) is 11.2. The van der Waals surface area contributed by atoms with Crippen LogP contribution in [0.1, 0.15) is 11.1 Å². The second kappa shape index (κ2) is 5.62. The monoisotopic (exact) mass is 335 g/mol. The average molecular weight is 335 g/mol. The quantitative estimate of drug-likeness (QED) is 0.624. The van der Waals surface area contributed by atoms with E-state index in [1.165, 1.54) is 9.20 Å². The number of hydrogen-bond donors (Lipinski definition) is 1. The summed E-state index contributed by atoms with van der Waals surface area (Å²) in [6.45, 7) is 3.85. The van der Waals surface area contributed by atoms with Crippen molar-refractivity contribution < 1.29 is 4.74 Å². The summed E-state index contributed by atoms with van der Waals surface area (Å²) in [6.07, 6.45) is 0. The van der Waals surface area contributed by atoms with Crippen LogP contribution in [-0.2, 0) is 0 Å². The van der Waals surface area contributed by atoms with Gasteiger partial charge in [-0.05, 0) is 37.1 Å². The molecule has 0 aliphatic rings. The maximum absolute atomic E-state index is 12.8. The number of aryl methyl sites for hydroxylation is 2. The fourth-order valence-corrected chi connectivity index (χ4v) is 3.00. The molecule has 0 radical (unpaired) electrons. The van der Waals surface area contributed by atoms with Gasteiger partial charge in [-0.2, -0.15) is 14.2 Å². The Morgan fingerprint density at radius 1 is 1.08 bits per heavy atom. The van der Waals surface area contributed by atoms with E-state index in [4.69, 9.17) is 4.74 Å². The number of H-pyrrole nitrogens is 1. The minimum atomic E-state index is -0.291. The van der Waals surface area contributed by atoms with E-state index in [-0.39, 0.29) is 5.69 Å². The zero-order valence-electron chi connectivity index (χ0n) is 14.1. The van der Waals surface area contributed by atoms with Crippen LogP contribution in [-0.4, -0.2) is 31.5 Å². The van der Waals surface area contributed by atoms with Gasteiger partial charge in [-0.15, -0.1) is 5.10 Å². The maximum atomic E-state index is 12.8. The zero-order valence-corrected chi connectivity index (χ0v) is 14.1. The molecule has 2 aromatic heterocycles. The molecule has 0 spiro atoms. The average Bonchev–Trinajstić information content (AvgIpc) is 3.15. The van der Waals surface area contributed by atoms with Gasteiger partial charge in [0, 0.05) is 5.56 Å². The molecule has 0 aliphatic heterocycles. The molecule has 7 nitrogen and oxygen atoms in total. The van der Waals surface area contributed by atoms with Crippen LogP contribution >= 0.6 is 0 Å². The number of ether oxygens (including phenoxy) is 1. The molecule has 7 heteroatoms. The van der Waals surface area contributed by atoms with Gasteiger partial charge in [0.2, 0.25) is 0 Å². The summed E-state index contributed by atoms with van der Waals surface area (Å²) in [7, 11) is 1.62. The molecule has 0 amide bonds. The molecule has 1 N–H and O–H groups in total. The molecule has 4 aromatic rings. The van der Waals surface area contributed by atoms with Crippen molar-refractivity contribution in [3.05, 3.63) is 64.1 Å². The van der Waals surface area contributed by atoms with Gasteiger partial charge in [-0.3, -0.25) is 5.10 Å². The number of rotatable bonds is 3. The third-order valence-electron chi connectivity index (χ3n) is 4.15. The van der Waals surface area contributed by atoms with Gasteiger partial charge in [0.25, 0.3) is 5.78 Å². The smallest absolute Gasteiger partial charge is 0.371 e. The lowest BCUT2D eigenvalue weighted by Gasteiger charge is -2.10. The molecule has 0 saturated heterocycles. The highest BCUT2D eigenvalue weighted by Crippen LogP contribution is 2.24. The molecule has 0 fully saturated rings. The summed E-state index contributed by atoms with van der Waals surface area (Å²) in [6, 6.07) is 13.4. The molecule has 0 aliphatic carbocycles. The SMILES string of the molecule is COc1cc(C)c(-n2nc3nc(-c4ccccc4)[nH]n3c2=O)c(C)c1. The highest BCUT2D eigenvalue weighted by Gasteiger charge is 2.17. The van der Waals surface area contributed by atoms with Crippen LogP contribution < -0.4 is 10.4 Å². The van der Waals surface area contributed by atoms with Crippen LogP contribution in [0.2, 0.25) is 0 Å². The van der Waals surface area contributed by atoms with Crippen molar-refractivity contribution in [2.24, 2.45) is 0 Å². The predicted octanol–water partition coefficient (Wildman–Crippen LogP) is 2.50. The number of fused-ring (bicyclic) bond motifs is 1. The molecule has 126 valence electrons. The Balaban J connectivity index is 1.87. The standard InChI is InChI=1S/C18H17N5O2/c1-11-9-14(25-3)10-12(2)15(11)22-18(24)23-17(21-22)19-16(20-23)13-7-5-4-6-8-13/h4-10H,1-3H3,(H,19,20,21). The summed E-state index contributed by atoms with van der Waals surface area (Å²) in [5.74, 6) is 1.69. The summed E-state index contributed by atoms with van der Waals surface area (Å²) in [5, 5.41) is 7.41. The van der Waals surface area contributed by atoms with Gasteiger partial charge < -0.3 is 4.74 Å². The fraction of sp³-hybridized carbons (Fsp3) is 0.167. The Kier molecular flexibility index (Phi) is 3.42. The lowest BCUT2D eigenvalue weighted by Crippen LogP contribution is -2.22. The molecule has 0 bridgehead atoms. The van der Waals surface area contributed by atoms with Crippen LogP contribution in [0, 0.1) is 13.8 Å². The summed E-state index contributed by atoms with van der Waals surface area (Å²) < 4.78 is 8.00. The van der Waals surface area contributed by atoms with E-state index in [2.05, 4.69) is 15.2 Å². The summed E-state index contributed by atoms with van der Waals surface area (Å²) in [4.78, 5) is 17.2. The van der Waals surface area contributed by atoms with E-state index < -0.39 is 0 Å². The first-order chi connectivity index (χ1) is 12.1.